The highest BCUT2D eigenvalue weighted by atomic mass is 16.2. The summed E-state index contributed by atoms with van der Waals surface area (Å²) in [6.45, 7) is 3.43. The number of fused-ring (bicyclic) bond motifs is 2. The number of imidazole rings is 1. The maximum absolute atomic E-state index is 12.8. The maximum atomic E-state index is 12.8. The van der Waals surface area contributed by atoms with Crippen molar-refractivity contribution < 1.29 is 4.79 Å². The number of carbonyl (C=O) groups is 1. The maximum Gasteiger partial charge on any atom is 0.274 e. The summed E-state index contributed by atoms with van der Waals surface area (Å²) in [4.78, 5) is 30.4. The molecule has 0 unspecified atom stereocenters. The van der Waals surface area contributed by atoms with E-state index in [4.69, 9.17) is 5.73 Å². The molecule has 8 nitrogen and oxygen atoms in total. The number of pyridine rings is 1. The molecular weight excluding hydrogens is 366 g/mol. The first-order valence-corrected chi connectivity index (χ1v) is 9.64. The second kappa shape index (κ2) is 7.14. The largest absolute Gasteiger partial charge is 0.383 e. The van der Waals surface area contributed by atoms with Crippen LogP contribution in [0.25, 0.3) is 16.6 Å². The Hall–Kier alpha value is -3.52. The van der Waals surface area contributed by atoms with Gasteiger partial charge in [0.05, 0.1) is 12.1 Å². The van der Waals surface area contributed by atoms with Gasteiger partial charge in [0.15, 0.2) is 0 Å². The quantitative estimate of drug-likeness (QED) is 0.576. The van der Waals surface area contributed by atoms with E-state index in [-0.39, 0.29) is 5.91 Å². The number of para-hydroxylation sites is 1. The molecule has 0 radical (unpaired) electrons. The van der Waals surface area contributed by atoms with E-state index in [1.54, 1.807) is 6.20 Å². The van der Waals surface area contributed by atoms with Crippen molar-refractivity contribution in [3.05, 3.63) is 66.4 Å². The minimum Gasteiger partial charge on any atom is -0.383 e. The fourth-order valence-electron chi connectivity index (χ4n) is 3.73. The van der Waals surface area contributed by atoms with E-state index in [1.165, 1.54) is 0 Å². The number of rotatable bonds is 3. The van der Waals surface area contributed by atoms with Gasteiger partial charge in [-0.2, -0.15) is 0 Å². The van der Waals surface area contributed by atoms with Crippen LogP contribution in [0.4, 0.5) is 5.82 Å². The topological polar surface area (TPSA) is 92.7 Å². The highest BCUT2D eigenvalue weighted by Gasteiger charge is 2.24. The number of nitrogen functional groups attached to an aromatic ring is 1. The fourth-order valence-corrected chi connectivity index (χ4v) is 3.73. The van der Waals surface area contributed by atoms with Crippen LogP contribution in [0.2, 0.25) is 0 Å². The van der Waals surface area contributed by atoms with E-state index in [1.807, 2.05) is 58.0 Å². The van der Waals surface area contributed by atoms with Gasteiger partial charge in [-0.05, 0) is 24.3 Å². The molecule has 0 bridgehead atoms. The minimum absolute atomic E-state index is 0.0282. The van der Waals surface area contributed by atoms with Crippen LogP contribution in [0.3, 0.4) is 0 Å². The molecule has 1 saturated heterocycles. The third-order valence-corrected chi connectivity index (χ3v) is 5.29. The van der Waals surface area contributed by atoms with Gasteiger partial charge in [0.2, 0.25) is 0 Å². The highest BCUT2D eigenvalue weighted by Crippen LogP contribution is 2.18. The predicted molar refractivity (Wildman–Crippen MR) is 110 cm³/mol. The van der Waals surface area contributed by atoms with Crippen molar-refractivity contribution in [1.82, 2.24) is 29.2 Å². The number of piperazine rings is 1. The first kappa shape index (κ1) is 17.6. The molecule has 8 heteroatoms. The number of hydrogen-bond donors (Lipinski definition) is 1. The lowest BCUT2D eigenvalue weighted by Crippen LogP contribution is -2.48. The van der Waals surface area contributed by atoms with Crippen LogP contribution in [0.1, 0.15) is 16.3 Å². The lowest BCUT2D eigenvalue weighted by molar-refractivity contribution is 0.0620. The number of carbonyl (C=O) groups excluding carboxylic acids is 1. The second-order valence-electron chi connectivity index (χ2n) is 7.20. The van der Waals surface area contributed by atoms with Crippen LogP contribution in [-0.4, -0.2) is 61.2 Å². The summed E-state index contributed by atoms with van der Waals surface area (Å²) in [5.74, 6) is 1.19. The van der Waals surface area contributed by atoms with Crippen molar-refractivity contribution in [2.45, 2.75) is 6.54 Å². The molecule has 1 fully saturated rings. The SMILES string of the molecule is Nc1nc(CN2CCN(C(=O)c3cn4ccccc4n3)CC2)nc2ccccc12. The Morgan fingerprint density at radius 3 is 2.59 bits per heavy atom. The smallest absolute Gasteiger partial charge is 0.274 e. The van der Waals surface area contributed by atoms with Gasteiger partial charge in [0, 0.05) is 44.0 Å². The Balaban J connectivity index is 1.25. The van der Waals surface area contributed by atoms with Crippen molar-refractivity contribution in [1.29, 1.82) is 0 Å². The molecule has 1 amide bonds. The van der Waals surface area contributed by atoms with Gasteiger partial charge < -0.3 is 15.0 Å². The molecule has 0 saturated carbocycles. The van der Waals surface area contributed by atoms with Crippen LogP contribution < -0.4 is 5.73 Å². The molecule has 1 aliphatic heterocycles. The first-order chi connectivity index (χ1) is 14.2. The molecule has 1 aromatic carbocycles. The lowest BCUT2D eigenvalue weighted by atomic mass is 10.2. The van der Waals surface area contributed by atoms with Crippen LogP contribution in [-0.2, 0) is 6.54 Å². The van der Waals surface area contributed by atoms with E-state index in [2.05, 4.69) is 19.9 Å². The molecule has 4 heterocycles. The van der Waals surface area contributed by atoms with E-state index in [9.17, 15) is 4.79 Å². The number of anilines is 1. The van der Waals surface area contributed by atoms with E-state index in [0.717, 1.165) is 29.6 Å². The Labute approximate surface area is 167 Å². The number of hydrogen-bond acceptors (Lipinski definition) is 6. The monoisotopic (exact) mass is 387 g/mol. The van der Waals surface area contributed by atoms with Gasteiger partial charge in [-0.15, -0.1) is 0 Å². The molecule has 2 N–H and O–H groups in total. The van der Waals surface area contributed by atoms with Crippen molar-refractivity contribution in [2.75, 3.05) is 31.9 Å². The average molecular weight is 387 g/mol. The molecule has 0 spiro atoms. The molecule has 29 heavy (non-hydrogen) atoms. The van der Waals surface area contributed by atoms with Crippen molar-refractivity contribution in [3.8, 4) is 0 Å². The summed E-state index contributed by atoms with van der Waals surface area (Å²) < 4.78 is 1.87. The summed E-state index contributed by atoms with van der Waals surface area (Å²) in [6, 6.07) is 13.5. The van der Waals surface area contributed by atoms with Gasteiger partial charge in [-0.1, -0.05) is 18.2 Å². The Morgan fingerprint density at radius 2 is 1.76 bits per heavy atom. The number of aromatic nitrogens is 4. The third-order valence-electron chi connectivity index (χ3n) is 5.29. The van der Waals surface area contributed by atoms with Gasteiger partial charge in [-0.3, -0.25) is 9.69 Å². The molecule has 3 aromatic heterocycles. The van der Waals surface area contributed by atoms with Crippen LogP contribution in [0.5, 0.6) is 0 Å². The first-order valence-electron chi connectivity index (χ1n) is 9.64. The molecule has 4 aromatic rings. The second-order valence-corrected chi connectivity index (χ2v) is 7.20. The minimum atomic E-state index is -0.0282. The van der Waals surface area contributed by atoms with Crippen LogP contribution >= 0.6 is 0 Å². The number of nitrogens with zero attached hydrogens (tertiary/aromatic N) is 6. The van der Waals surface area contributed by atoms with Crippen molar-refractivity contribution in [2.24, 2.45) is 0 Å². The van der Waals surface area contributed by atoms with E-state index >= 15 is 0 Å². The molecule has 0 aliphatic carbocycles. The zero-order chi connectivity index (χ0) is 19.8. The Bertz CT molecular complexity index is 1160. The zero-order valence-electron chi connectivity index (χ0n) is 15.9. The van der Waals surface area contributed by atoms with Crippen molar-refractivity contribution in [3.63, 3.8) is 0 Å². The summed E-state index contributed by atoms with van der Waals surface area (Å²) in [7, 11) is 0. The standard InChI is InChI=1S/C21H21N7O/c22-20-15-5-1-2-6-16(15)23-18(25-20)14-26-9-11-27(12-10-26)21(29)17-13-28-8-4-3-7-19(28)24-17/h1-8,13H,9-12,14H2,(H2,22,23,25). The number of benzene rings is 1. The van der Waals surface area contributed by atoms with Gasteiger partial charge in [-0.25, -0.2) is 15.0 Å². The predicted octanol–water partition coefficient (Wildman–Crippen LogP) is 1.82. The summed E-state index contributed by atoms with van der Waals surface area (Å²) >= 11 is 0. The molecule has 146 valence electrons. The normalized spacial score (nSPS) is 15.2. The van der Waals surface area contributed by atoms with Gasteiger partial charge >= 0.3 is 0 Å². The molecule has 0 atom stereocenters. The molecule has 5 rings (SSSR count). The lowest BCUT2D eigenvalue weighted by Gasteiger charge is -2.34. The average Bonchev–Trinajstić information content (AvgIpc) is 3.18. The summed E-state index contributed by atoms with van der Waals surface area (Å²) in [5, 5.41) is 0.874. The summed E-state index contributed by atoms with van der Waals surface area (Å²) in [6.07, 6.45) is 3.68. The van der Waals surface area contributed by atoms with E-state index in [0.29, 0.717) is 37.0 Å². The van der Waals surface area contributed by atoms with Gasteiger partial charge in [0.25, 0.3) is 5.91 Å². The Morgan fingerprint density at radius 1 is 0.966 bits per heavy atom. The highest BCUT2D eigenvalue weighted by molar-refractivity contribution is 5.93. The fraction of sp³-hybridized carbons (Fsp3) is 0.238. The Kier molecular flexibility index (Phi) is 4.33. The third kappa shape index (κ3) is 3.38. The zero-order valence-corrected chi connectivity index (χ0v) is 15.9. The molecular formula is C21H21N7O. The van der Waals surface area contributed by atoms with Crippen molar-refractivity contribution >= 4 is 28.3 Å². The summed E-state index contributed by atoms with van der Waals surface area (Å²) in [5.41, 5.74) is 8.21. The van der Waals surface area contributed by atoms with Crippen LogP contribution in [0, 0.1) is 0 Å². The van der Waals surface area contributed by atoms with Gasteiger partial charge in [0.1, 0.15) is 23.0 Å². The van der Waals surface area contributed by atoms with E-state index < -0.39 is 0 Å². The number of nitrogens with two attached hydrogens (primary N) is 1. The van der Waals surface area contributed by atoms with Crippen LogP contribution in [0.15, 0.2) is 54.9 Å². The molecule has 1 aliphatic rings. The number of amides is 1.